The van der Waals surface area contributed by atoms with Crippen LogP contribution in [0.25, 0.3) is 0 Å². The molecule has 1 rings (SSSR count). The van der Waals surface area contributed by atoms with Gasteiger partial charge < -0.3 is 9.84 Å². The lowest BCUT2D eigenvalue weighted by atomic mass is 10.1. The lowest BCUT2D eigenvalue weighted by Gasteiger charge is -2.09. The summed E-state index contributed by atoms with van der Waals surface area (Å²) in [5, 5.41) is 9.25. The molecule has 1 aromatic rings. The minimum absolute atomic E-state index is 0.263. The maximum absolute atomic E-state index is 9.25. The van der Waals surface area contributed by atoms with Gasteiger partial charge >= 0.3 is 0 Å². The number of methoxy groups -OCH3 is 1. The molecule has 0 fully saturated rings. The van der Waals surface area contributed by atoms with Gasteiger partial charge in [0.05, 0.1) is 7.11 Å². The molecule has 0 bridgehead atoms. The second-order valence-corrected chi connectivity index (χ2v) is 3.35. The van der Waals surface area contributed by atoms with E-state index in [9.17, 15) is 5.11 Å². The predicted molar refractivity (Wildman–Crippen MR) is 50.6 cm³/mol. The lowest BCUT2D eigenvalue weighted by molar-refractivity contribution is 0.329. The molecule has 12 heavy (non-hydrogen) atoms. The summed E-state index contributed by atoms with van der Waals surface area (Å²) in [4.78, 5) is 0. The van der Waals surface area contributed by atoms with E-state index in [-0.39, 0.29) is 6.10 Å². The fraction of sp³-hybridized carbons (Fsp3) is 0.222. The quantitative estimate of drug-likeness (QED) is 0.846. The van der Waals surface area contributed by atoms with Crippen molar-refractivity contribution in [3.8, 4) is 5.75 Å². The van der Waals surface area contributed by atoms with Crippen LogP contribution in [0.5, 0.6) is 5.75 Å². The van der Waals surface area contributed by atoms with Crippen molar-refractivity contribution < 1.29 is 9.84 Å². The molecule has 1 radical (unpaired) electrons. The highest BCUT2D eigenvalue weighted by Gasteiger charge is 2.08. The molecular weight excluding hydrogens is 220 g/mol. The van der Waals surface area contributed by atoms with Crippen molar-refractivity contribution in [1.82, 2.24) is 0 Å². The predicted octanol–water partition coefficient (Wildman–Crippen LogP) is 2.73. The van der Waals surface area contributed by atoms with Crippen LogP contribution >= 0.6 is 15.9 Å². The highest BCUT2D eigenvalue weighted by Crippen LogP contribution is 2.27. The van der Waals surface area contributed by atoms with Gasteiger partial charge in [0, 0.05) is 10.0 Å². The monoisotopic (exact) mass is 229 g/mol. The molecule has 0 saturated heterocycles. The molecule has 0 aliphatic heterocycles. The summed E-state index contributed by atoms with van der Waals surface area (Å²) in [6.07, 6.45) is 0.263. The first kappa shape index (κ1) is 9.55. The fourth-order valence-corrected chi connectivity index (χ4v) is 1.30. The van der Waals surface area contributed by atoms with Crippen LogP contribution in [-0.4, -0.2) is 12.2 Å². The van der Waals surface area contributed by atoms with Crippen molar-refractivity contribution in [3.63, 3.8) is 0 Å². The Balaban J connectivity index is 3.11. The van der Waals surface area contributed by atoms with Gasteiger partial charge in [-0.25, -0.2) is 0 Å². The van der Waals surface area contributed by atoms with E-state index >= 15 is 0 Å². The molecule has 0 amide bonds. The summed E-state index contributed by atoms with van der Waals surface area (Å²) >= 11 is 3.32. The van der Waals surface area contributed by atoms with Crippen molar-refractivity contribution in [3.05, 3.63) is 34.3 Å². The molecule has 2 nitrogen and oxygen atoms in total. The minimum Gasteiger partial charge on any atom is -0.496 e. The smallest absolute Gasteiger partial charge is 0.126 e. The summed E-state index contributed by atoms with van der Waals surface area (Å²) in [7, 11) is 1.58. The number of hydrogen-bond acceptors (Lipinski definition) is 2. The Kier molecular flexibility index (Phi) is 3.12. The molecule has 0 aromatic heterocycles. The molecule has 0 atom stereocenters. The van der Waals surface area contributed by atoms with Gasteiger partial charge in [0.15, 0.2) is 0 Å². The minimum atomic E-state index is 0.263. The van der Waals surface area contributed by atoms with Gasteiger partial charge in [-0.2, -0.15) is 0 Å². The second-order valence-electron chi connectivity index (χ2n) is 2.43. The van der Waals surface area contributed by atoms with E-state index < -0.39 is 0 Å². The Labute approximate surface area is 80.3 Å². The van der Waals surface area contributed by atoms with Gasteiger partial charge in [-0.3, -0.25) is 0 Å². The number of benzene rings is 1. The Morgan fingerprint density at radius 2 is 2.17 bits per heavy atom. The summed E-state index contributed by atoms with van der Waals surface area (Å²) in [5.41, 5.74) is 0.723. The number of aliphatic hydroxyl groups excluding tert-OH is 1. The molecule has 1 aromatic carbocycles. The van der Waals surface area contributed by atoms with E-state index in [2.05, 4.69) is 15.9 Å². The van der Waals surface area contributed by atoms with Crippen LogP contribution in [0.1, 0.15) is 12.5 Å². The zero-order valence-corrected chi connectivity index (χ0v) is 8.55. The standard InChI is InChI=1S/C9H10BrO2/c1-6(11)8-4-3-7(10)5-9(8)12-2/h3-5,11H,1-2H3. The van der Waals surface area contributed by atoms with Crippen LogP contribution < -0.4 is 4.74 Å². The van der Waals surface area contributed by atoms with Crippen LogP contribution in [0.4, 0.5) is 0 Å². The van der Waals surface area contributed by atoms with Crippen LogP contribution in [0, 0.1) is 6.10 Å². The van der Waals surface area contributed by atoms with E-state index in [4.69, 9.17) is 4.74 Å². The number of halogens is 1. The molecule has 0 heterocycles. The normalized spacial score (nSPS) is 10.4. The molecule has 1 N–H and O–H groups in total. The molecule has 0 spiro atoms. The molecule has 3 heteroatoms. The molecule has 0 aliphatic carbocycles. The largest absolute Gasteiger partial charge is 0.496 e. The Morgan fingerprint density at radius 3 is 2.67 bits per heavy atom. The Morgan fingerprint density at radius 1 is 1.50 bits per heavy atom. The average Bonchev–Trinajstić information content (AvgIpc) is 2.03. The Hall–Kier alpha value is -0.540. The highest BCUT2D eigenvalue weighted by molar-refractivity contribution is 9.10. The van der Waals surface area contributed by atoms with Crippen LogP contribution in [-0.2, 0) is 0 Å². The molecular formula is C9H10BrO2. The third kappa shape index (κ3) is 1.99. The van der Waals surface area contributed by atoms with E-state index in [1.54, 1.807) is 20.1 Å². The van der Waals surface area contributed by atoms with Gasteiger partial charge in [-0.1, -0.05) is 22.0 Å². The van der Waals surface area contributed by atoms with Crippen molar-refractivity contribution in [2.45, 2.75) is 6.92 Å². The zero-order chi connectivity index (χ0) is 9.14. The first-order valence-electron chi connectivity index (χ1n) is 3.51. The van der Waals surface area contributed by atoms with Gasteiger partial charge in [0.2, 0.25) is 0 Å². The van der Waals surface area contributed by atoms with Gasteiger partial charge in [0.1, 0.15) is 11.9 Å². The van der Waals surface area contributed by atoms with Crippen LogP contribution in [0.3, 0.4) is 0 Å². The molecule has 65 valence electrons. The maximum atomic E-state index is 9.25. The maximum Gasteiger partial charge on any atom is 0.126 e. The molecule has 0 aliphatic rings. The molecule has 0 saturated carbocycles. The van der Waals surface area contributed by atoms with Crippen molar-refractivity contribution in [2.24, 2.45) is 0 Å². The molecule has 0 unspecified atom stereocenters. The van der Waals surface area contributed by atoms with E-state index in [1.165, 1.54) is 0 Å². The third-order valence-corrected chi connectivity index (χ3v) is 2.05. The van der Waals surface area contributed by atoms with Crippen LogP contribution in [0.2, 0.25) is 0 Å². The van der Waals surface area contributed by atoms with Crippen LogP contribution in [0.15, 0.2) is 22.7 Å². The van der Waals surface area contributed by atoms with E-state index in [1.807, 2.05) is 12.1 Å². The number of aliphatic hydroxyl groups is 1. The number of ether oxygens (including phenoxy) is 1. The van der Waals surface area contributed by atoms with Gasteiger partial charge in [-0.15, -0.1) is 0 Å². The van der Waals surface area contributed by atoms with Crippen molar-refractivity contribution in [1.29, 1.82) is 0 Å². The van der Waals surface area contributed by atoms with E-state index in [0.29, 0.717) is 5.75 Å². The summed E-state index contributed by atoms with van der Waals surface area (Å²) in [5.74, 6) is 0.671. The topological polar surface area (TPSA) is 29.5 Å². The first-order valence-corrected chi connectivity index (χ1v) is 4.31. The zero-order valence-electron chi connectivity index (χ0n) is 6.97. The lowest BCUT2D eigenvalue weighted by Crippen LogP contribution is -1.96. The third-order valence-electron chi connectivity index (χ3n) is 1.55. The average molecular weight is 230 g/mol. The fourth-order valence-electron chi connectivity index (χ4n) is 0.964. The summed E-state index contributed by atoms with van der Waals surface area (Å²) < 4.78 is 6.01. The summed E-state index contributed by atoms with van der Waals surface area (Å²) in [6.45, 7) is 1.63. The van der Waals surface area contributed by atoms with Crippen molar-refractivity contribution >= 4 is 15.9 Å². The first-order chi connectivity index (χ1) is 5.65. The highest BCUT2D eigenvalue weighted by atomic mass is 79.9. The van der Waals surface area contributed by atoms with Gasteiger partial charge in [-0.05, 0) is 19.1 Å². The van der Waals surface area contributed by atoms with Crippen molar-refractivity contribution in [2.75, 3.05) is 7.11 Å². The number of hydrogen-bond donors (Lipinski definition) is 1. The second kappa shape index (κ2) is 3.92. The Bertz CT molecular complexity index is 271. The van der Waals surface area contributed by atoms with Gasteiger partial charge in [0.25, 0.3) is 0 Å². The number of rotatable bonds is 2. The van der Waals surface area contributed by atoms with E-state index in [0.717, 1.165) is 10.0 Å². The summed E-state index contributed by atoms with van der Waals surface area (Å²) in [6, 6.07) is 5.48. The SMILES string of the molecule is COc1cc(Br)ccc1[C](C)O.